The van der Waals surface area contributed by atoms with Crippen molar-refractivity contribution in [1.29, 1.82) is 0 Å². The molecular formula is C19H25BrN2O2. The fourth-order valence-electron chi connectivity index (χ4n) is 4.69. The molecule has 2 heterocycles. The van der Waals surface area contributed by atoms with Crippen molar-refractivity contribution in [2.24, 2.45) is 11.3 Å². The van der Waals surface area contributed by atoms with Crippen molar-refractivity contribution < 1.29 is 9.53 Å². The SMILES string of the molecule is COc1ccc(Br)cc1C1CCCN1C(=O)C1CC12CCNCC2. The van der Waals surface area contributed by atoms with E-state index in [1.54, 1.807) is 7.11 Å². The number of nitrogens with one attached hydrogen (secondary N) is 1. The molecule has 0 bridgehead atoms. The number of piperidine rings is 1. The van der Waals surface area contributed by atoms with Crippen LogP contribution in [0.25, 0.3) is 0 Å². The summed E-state index contributed by atoms with van der Waals surface area (Å²) in [4.78, 5) is 15.3. The van der Waals surface area contributed by atoms with Gasteiger partial charge in [0, 0.05) is 22.5 Å². The molecule has 1 saturated carbocycles. The summed E-state index contributed by atoms with van der Waals surface area (Å²) in [5.41, 5.74) is 1.44. The Labute approximate surface area is 152 Å². The summed E-state index contributed by atoms with van der Waals surface area (Å²) in [7, 11) is 1.71. The van der Waals surface area contributed by atoms with E-state index in [-0.39, 0.29) is 12.0 Å². The lowest BCUT2D eigenvalue weighted by Gasteiger charge is -2.29. The summed E-state index contributed by atoms with van der Waals surface area (Å²) >= 11 is 3.56. The first kappa shape index (κ1) is 16.4. The van der Waals surface area contributed by atoms with Crippen LogP contribution in [0.4, 0.5) is 0 Å². The molecule has 2 atom stereocenters. The number of hydrogen-bond acceptors (Lipinski definition) is 3. The van der Waals surface area contributed by atoms with Gasteiger partial charge in [0.2, 0.25) is 5.91 Å². The number of benzene rings is 1. The summed E-state index contributed by atoms with van der Waals surface area (Å²) in [6.45, 7) is 3.00. The first-order valence-electron chi connectivity index (χ1n) is 8.99. The predicted octanol–water partition coefficient (Wildman–Crippen LogP) is 3.51. The van der Waals surface area contributed by atoms with E-state index < -0.39 is 0 Å². The molecule has 2 saturated heterocycles. The molecule has 3 fully saturated rings. The zero-order valence-electron chi connectivity index (χ0n) is 14.2. The molecule has 1 amide bonds. The van der Waals surface area contributed by atoms with Crippen molar-refractivity contribution in [3.63, 3.8) is 0 Å². The number of methoxy groups -OCH3 is 1. The van der Waals surface area contributed by atoms with Crippen LogP contribution in [0.5, 0.6) is 5.75 Å². The number of nitrogens with zero attached hydrogens (tertiary/aromatic N) is 1. The fourth-order valence-corrected chi connectivity index (χ4v) is 5.07. The molecule has 5 heteroatoms. The number of rotatable bonds is 3. The summed E-state index contributed by atoms with van der Waals surface area (Å²) < 4.78 is 6.60. The van der Waals surface area contributed by atoms with E-state index in [0.717, 1.165) is 67.5 Å². The lowest BCUT2D eigenvalue weighted by molar-refractivity contribution is -0.134. The van der Waals surface area contributed by atoms with Crippen LogP contribution in [0.2, 0.25) is 0 Å². The van der Waals surface area contributed by atoms with E-state index in [1.807, 2.05) is 12.1 Å². The first-order chi connectivity index (χ1) is 11.6. The van der Waals surface area contributed by atoms with Crippen LogP contribution in [0, 0.1) is 11.3 Å². The topological polar surface area (TPSA) is 41.6 Å². The van der Waals surface area contributed by atoms with Gasteiger partial charge in [-0.1, -0.05) is 15.9 Å². The van der Waals surface area contributed by atoms with Gasteiger partial charge in [-0.25, -0.2) is 0 Å². The minimum Gasteiger partial charge on any atom is -0.496 e. The summed E-state index contributed by atoms with van der Waals surface area (Å²) in [6.07, 6.45) is 5.50. The van der Waals surface area contributed by atoms with E-state index >= 15 is 0 Å². The lowest BCUT2D eigenvalue weighted by atomic mass is 9.91. The fraction of sp³-hybridized carbons (Fsp3) is 0.632. The monoisotopic (exact) mass is 392 g/mol. The Bertz CT molecular complexity index is 642. The molecule has 2 aliphatic heterocycles. The van der Waals surface area contributed by atoms with E-state index in [9.17, 15) is 4.79 Å². The standard InChI is InChI=1S/C19H25BrN2O2/c1-24-17-5-4-13(20)11-14(17)16-3-2-10-22(16)18(23)15-12-19(15)6-8-21-9-7-19/h4-5,11,15-16,21H,2-3,6-10,12H2,1H3. The third kappa shape index (κ3) is 2.76. The van der Waals surface area contributed by atoms with Crippen molar-refractivity contribution in [1.82, 2.24) is 10.2 Å². The lowest BCUT2D eigenvalue weighted by Crippen LogP contribution is -2.36. The van der Waals surface area contributed by atoms with Gasteiger partial charge in [0.1, 0.15) is 5.75 Å². The maximum absolute atomic E-state index is 13.2. The van der Waals surface area contributed by atoms with Crippen molar-refractivity contribution in [2.75, 3.05) is 26.7 Å². The van der Waals surface area contributed by atoms with Crippen LogP contribution in [0.3, 0.4) is 0 Å². The molecule has 130 valence electrons. The summed E-state index contributed by atoms with van der Waals surface area (Å²) in [6, 6.07) is 6.26. The third-order valence-electron chi connectivity index (χ3n) is 6.17. The smallest absolute Gasteiger partial charge is 0.226 e. The first-order valence-corrected chi connectivity index (χ1v) is 9.78. The van der Waals surface area contributed by atoms with Crippen LogP contribution in [0.15, 0.2) is 22.7 Å². The molecule has 1 aromatic carbocycles. The van der Waals surface area contributed by atoms with Crippen LogP contribution >= 0.6 is 15.9 Å². The van der Waals surface area contributed by atoms with Gasteiger partial charge in [0.15, 0.2) is 0 Å². The average Bonchev–Trinajstić information content (AvgIpc) is 3.07. The molecule has 24 heavy (non-hydrogen) atoms. The molecule has 0 radical (unpaired) electrons. The normalized spacial score (nSPS) is 28.2. The Morgan fingerprint density at radius 3 is 2.92 bits per heavy atom. The molecule has 4 rings (SSSR count). The van der Waals surface area contributed by atoms with Crippen LogP contribution in [-0.2, 0) is 4.79 Å². The maximum Gasteiger partial charge on any atom is 0.226 e. The molecule has 2 unspecified atom stereocenters. The summed E-state index contributed by atoms with van der Waals surface area (Å²) in [5, 5.41) is 3.42. The van der Waals surface area contributed by atoms with Gasteiger partial charge in [-0.15, -0.1) is 0 Å². The van der Waals surface area contributed by atoms with Gasteiger partial charge >= 0.3 is 0 Å². The number of hydrogen-bond donors (Lipinski definition) is 1. The van der Waals surface area contributed by atoms with Crippen molar-refractivity contribution in [3.05, 3.63) is 28.2 Å². The second-order valence-corrected chi connectivity index (χ2v) is 8.36. The largest absolute Gasteiger partial charge is 0.496 e. The van der Waals surface area contributed by atoms with Gasteiger partial charge in [-0.05, 0) is 68.8 Å². The highest BCUT2D eigenvalue weighted by Gasteiger charge is 2.59. The molecule has 0 aromatic heterocycles. The number of halogens is 1. The zero-order valence-corrected chi connectivity index (χ0v) is 15.8. The minimum atomic E-state index is 0.157. The number of ether oxygens (including phenoxy) is 1. The number of amides is 1. The Kier molecular flexibility index (Phi) is 4.33. The second kappa shape index (κ2) is 6.34. The van der Waals surface area contributed by atoms with Gasteiger partial charge < -0.3 is 15.0 Å². The van der Waals surface area contributed by atoms with Crippen molar-refractivity contribution in [2.45, 2.75) is 38.1 Å². The molecule has 3 aliphatic rings. The molecule has 1 N–H and O–H groups in total. The highest BCUT2D eigenvalue weighted by Crippen LogP contribution is 2.60. The van der Waals surface area contributed by atoms with Gasteiger partial charge in [-0.2, -0.15) is 0 Å². The maximum atomic E-state index is 13.2. The van der Waals surface area contributed by atoms with Crippen LogP contribution in [-0.4, -0.2) is 37.6 Å². The van der Waals surface area contributed by atoms with E-state index in [4.69, 9.17) is 4.74 Å². The second-order valence-electron chi connectivity index (χ2n) is 7.45. The van der Waals surface area contributed by atoms with E-state index in [0.29, 0.717) is 11.3 Å². The minimum absolute atomic E-state index is 0.157. The predicted molar refractivity (Wildman–Crippen MR) is 97.0 cm³/mol. The molecule has 1 spiro atoms. The van der Waals surface area contributed by atoms with Gasteiger partial charge in [-0.3, -0.25) is 4.79 Å². The van der Waals surface area contributed by atoms with E-state index in [1.165, 1.54) is 0 Å². The van der Waals surface area contributed by atoms with Crippen molar-refractivity contribution >= 4 is 21.8 Å². The molecular weight excluding hydrogens is 368 g/mol. The van der Waals surface area contributed by atoms with E-state index in [2.05, 4.69) is 32.2 Å². The Morgan fingerprint density at radius 1 is 1.38 bits per heavy atom. The molecule has 1 aromatic rings. The third-order valence-corrected chi connectivity index (χ3v) is 6.67. The van der Waals surface area contributed by atoms with Crippen LogP contribution in [0.1, 0.15) is 43.7 Å². The number of carbonyl (C=O) groups excluding carboxylic acids is 1. The zero-order chi connectivity index (χ0) is 16.7. The average molecular weight is 393 g/mol. The van der Waals surface area contributed by atoms with Gasteiger partial charge in [0.05, 0.1) is 13.2 Å². The Balaban J connectivity index is 1.55. The number of carbonyl (C=O) groups is 1. The highest BCUT2D eigenvalue weighted by atomic mass is 79.9. The summed E-state index contributed by atoms with van der Waals surface area (Å²) in [5.74, 6) is 1.51. The Hall–Kier alpha value is -1.07. The quantitative estimate of drug-likeness (QED) is 0.855. The molecule has 1 aliphatic carbocycles. The van der Waals surface area contributed by atoms with Crippen LogP contribution < -0.4 is 10.1 Å². The number of likely N-dealkylation sites (tertiary alicyclic amines) is 1. The highest BCUT2D eigenvalue weighted by molar-refractivity contribution is 9.10. The Morgan fingerprint density at radius 2 is 2.17 bits per heavy atom. The van der Waals surface area contributed by atoms with Crippen molar-refractivity contribution in [3.8, 4) is 5.75 Å². The van der Waals surface area contributed by atoms with Gasteiger partial charge in [0.25, 0.3) is 0 Å². The molecule has 4 nitrogen and oxygen atoms in total.